The van der Waals surface area contributed by atoms with Crippen molar-refractivity contribution in [3.8, 4) is 0 Å². The molecule has 3 unspecified atom stereocenters. The highest BCUT2D eigenvalue weighted by Gasteiger charge is 2.58. The van der Waals surface area contributed by atoms with Crippen molar-refractivity contribution in [1.82, 2.24) is 0 Å². The van der Waals surface area contributed by atoms with Gasteiger partial charge in [0.2, 0.25) is 0 Å². The summed E-state index contributed by atoms with van der Waals surface area (Å²) in [5.74, 6) is 1.76. The first-order valence-electron chi connectivity index (χ1n) is 8.07. The van der Waals surface area contributed by atoms with Gasteiger partial charge >= 0.3 is 0 Å². The molecule has 0 saturated heterocycles. The highest BCUT2D eigenvalue weighted by molar-refractivity contribution is 5.18. The van der Waals surface area contributed by atoms with Gasteiger partial charge in [0.15, 0.2) is 0 Å². The van der Waals surface area contributed by atoms with Gasteiger partial charge in [-0.2, -0.15) is 0 Å². The summed E-state index contributed by atoms with van der Waals surface area (Å²) in [6.07, 6.45) is 11.8. The zero-order chi connectivity index (χ0) is 13.1. The fraction of sp³-hybridized carbons (Fsp3) is 0.882. The molecule has 1 heterocycles. The summed E-state index contributed by atoms with van der Waals surface area (Å²) >= 11 is 0. The number of rotatable bonds is 2. The largest absolute Gasteiger partial charge is 0.501 e. The molecular weight excluding hydrogens is 236 g/mol. The van der Waals surface area contributed by atoms with Crippen LogP contribution in [0.3, 0.4) is 0 Å². The van der Waals surface area contributed by atoms with Crippen molar-refractivity contribution in [2.45, 2.75) is 64.4 Å². The fourth-order valence-corrected chi connectivity index (χ4v) is 6.30. The molecule has 19 heavy (non-hydrogen) atoms. The molecule has 2 nitrogen and oxygen atoms in total. The van der Waals surface area contributed by atoms with E-state index < -0.39 is 0 Å². The van der Waals surface area contributed by atoms with E-state index in [0.717, 1.165) is 31.3 Å². The monoisotopic (exact) mass is 262 g/mol. The molecule has 5 rings (SSSR count). The average Bonchev–Trinajstić information content (AvgIpc) is 2.36. The minimum Gasteiger partial charge on any atom is -0.501 e. The number of aliphatic hydroxyl groups is 1. The van der Waals surface area contributed by atoms with Crippen molar-refractivity contribution in [2.24, 2.45) is 22.7 Å². The Morgan fingerprint density at radius 2 is 2.00 bits per heavy atom. The fourth-order valence-electron chi connectivity index (χ4n) is 6.30. The van der Waals surface area contributed by atoms with Crippen LogP contribution in [-0.4, -0.2) is 17.8 Å². The van der Waals surface area contributed by atoms with E-state index in [2.05, 4.69) is 6.92 Å². The van der Waals surface area contributed by atoms with Crippen LogP contribution in [0.15, 0.2) is 11.8 Å². The summed E-state index contributed by atoms with van der Waals surface area (Å²) in [5.41, 5.74) is 1.88. The molecule has 0 aromatic carbocycles. The second-order valence-corrected chi connectivity index (χ2v) is 8.20. The van der Waals surface area contributed by atoms with Crippen LogP contribution >= 0.6 is 0 Å². The van der Waals surface area contributed by atoms with Crippen LogP contribution < -0.4 is 0 Å². The smallest absolute Gasteiger partial charge is 0.0876 e. The van der Waals surface area contributed by atoms with E-state index in [4.69, 9.17) is 4.74 Å². The molecule has 0 spiro atoms. The van der Waals surface area contributed by atoms with Crippen molar-refractivity contribution >= 4 is 0 Å². The van der Waals surface area contributed by atoms with Crippen molar-refractivity contribution in [2.75, 3.05) is 6.61 Å². The maximum atomic E-state index is 11.0. The summed E-state index contributed by atoms with van der Waals surface area (Å²) in [7, 11) is 0. The lowest BCUT2D eigenvalue weighted by molar-refractivity contribution is -0.145. The molecule has 0 aromatic rings. The number of ether oxygens (including phenoxy) is 1. The summed E-state index contributed by atoms with van der Waals surface area (Å²) in [4.78, 5) is 0. The molecule has 1 aliphatic heterocycles. The molecule has 0 radical (unpaired) electrons. The lowest BCUT2D eigenvalue weighted by atomic mass is 9.43. The van der Waals surface area contributed by atoms with Crippen molar-refractivity contribution in [3.63, 3.8) is 0 Å². The van der Waals surface area contributed by atoms with Gasteiger partial charge in [0.25, 0.3) is 0 Å². The van der Waals surface area contributed by atoms with E-state index >= 15 is 0 Å². The standard InChI is InChI=1S/C17H26O2/c1-16-6-12-5-13(7-16)9-17(8-12,11-16)15(18)14-3-2-4-19-10-14/h10,12-13,15,18H,2-9,11H2,1H3. The Morgan fingerprint density at radius 3 is 2.58 bits per heavy atom. The summed E-state index contributed by atoms with van der Waals surface area (Å²) in [6.45, 7) is 3.30. The molecule has 0 amide bonds. The van der Waals surface area contributed by atoms with Gasteiger partial charge in [0, 0.05) is 5.41 Å². The van der Waals surface area contributed by atoms with Crippen molar-refractivity contribution in [1.29, 1.82) is 0 Å². The van der Waals surface area contributed by atoms with Gasteiger partial charge in [0.1, 0.15) is 0 Å². The van der Waals surface area contributed by atoms with Gasteiger partial charge in [-0.15, -0.1) is 0 Å². The zero-order valence-electron chi connectivity index (χ0n) is 12.0. The van der Waals surface area contributed by atoms with Crippen LogP contribution in [-0.2, 0) is 4.74 Å². The number of hydrogen-bond donors (Lipinski definition) is 1. The number of aliphatic hydroxyl groups excluding tert-OH is 1. The minimum absolute atomic E-state index is 0.186. The topological polar surface area (TPSA) is 29.5 Å². The van der Waals surface area contributed by atoms with Crippen LogP contribution in [0.1, 0.15) is 58.3 Å². The van der Waals surface area contributed by atoms with Crippen molar-refractivity contribution in [3.05, 3.63) is 11.8 Å². The van der Waals surface area contributed by atoms with E-state index in [9.17, 15) is 5.11 Å². The molecule has 4 saturated carbocycles. The quantitative estimate of drug-likeness (QED) is 0.823. The Labute approximate surface area is 116 Å². The van der Waals surface area contributed by atoms with Gasteiger partial charge < -0.3 is 9.84 Å². The molecule has 1 N–H and O–H groups in total. The lowest BCUT2D eigenvalue weighted by Gasteiger charge is -2.63. The Kier molecular flexibility index (Phi) is 2.58. The second-order valence-electron chi connectivity index (χ2n) is 8.20. The van der Waals surface area contributed by atoms with Gasteiger partial charge in [-0.25, -0.2) is 0 Å². The van der Waals surface area contributed by atoms with Crippen LogP contribution in [0.5, 0.6) is 0 Å². The Bertz CT molecular complexity index is 397. The first-order chi connectivity index (χ1) is 9.09. The average molecular weight is 262 g/mol. The van der Waals surface area contributed by atoms with Crippen LogP contribution in [0, 0.1) is 22.7 Å². The molecule has 5 aliphatic rings. The maximum absolute atomic E-state index is 11.0. The third-order valence-corrected chi connectivity index (χ3v) is 6.29. The Hall–Kier alpha value is -0.500. The third-order valence-electron chi connectivity index (χ3n) is 6.29. The molecule has 2 heteroatoms. The molecule has 3 atom stereocenters. The Morgan fingerprint density at radius 1 is 1.26 bits per heavy atom. The molecule has 4 aliphatic carbocycles. The molecule has 106 valence electrons. The van der Waals surface area contributed by atoms with Crippen molar-refractivity contribution < 1.29 is 9.84 Å². The highest BCUT2D eigenvalue weighted by Crippen LogP contribution is 2.66. The summed E-state index contributed by atoms with van der Waals surface area (Å²) < 4.78 is 5.47. The zero-order valence-corrected chi connectivity index (χ0v) is 12.0. The molecule has 4 fully saturated rings. The third kappa shape index (κ3) is 1.86. The van der Waals surface area contributed by atoms with E-state index in [0.29, 0.717) is 5.41 Å². The van der Waals surface area contributed by atoms with E-state index in [1.54, 1.807) is 0 Å². The van der Waals surface area contributed by atoms with Gasteiger partial charge in [-0.1, -0.05) is 6.92 Å². The summed E-state index contributed by atoms with van der Waals surface area (Å²) in [5, 5.41) is 11.0. The maximum Gasteiger partial charge on any atom is 0.0876 e. The Balaban J connectivity index is 1.64. The molecule has 0 aromatic heterocycles. The normalized spacial score (nSPS) is 49.7. The number of hydrogen-bond acceptors (Lipinski definition) is 2. The van der Waals surface area contributed by atoms with E-state index in [1.165, 1.54) is 44.1 Å². The van der Waals surface area contributed by atoms with Crippen LogP contribution in [0.2, 0.25) is 0 Å². The molecular formula is C17H26O2. The molecule has 4 bridgehead atoms. The van der Waals surface area contributed by atoms with Crippen LogP contribution in [0.25, 0.3) is 0 Å². The summed E-state index contributed by atoms with van der Waals surface area (Å²) in [6, 6.07) is 0. The van der Waals surface area contributed by atoms with Crippen LogP contribution in [0.4, 0.5) is 0 Å². The highest BCUT2D eigenvalue weighted by atomic mass is 16.5. The second kappa shape index (κ2) is 4.00. The predicted molar refractivity (Wildman–Crippen MR) is 74.5 cm³/mol. The lowest BCUT2D eigenvalue weighted by Crippen LogP contribution is -2.55. The SMILES string of the molecule is CC12CC3CC(C1)CC(C(O)C1=COCCC1)(C3)C2. The van der Waals surface area contributed by atoms with Gasteiger partial charge in [0.05, 0.1) is 19.0 Å². The van der Waals surface area contributed by atoms with Gasteiger partial charge in [-0.3, -0.25) is 0 Å². The van der Waals surface area contributed by atoms with Gasteiger partial charge in [-0.05, 0) is 74.2 Å². The minimum atomic E-state index is -0.238. The predicted octanol–water partition coefficient (Wildman–Crippen LogP) is 3.65. The first-order valence-corrected chi connectivity index (χ1v) is 8.07. The first kappa shape index (κ1) is 12.3. The van der Waals surface area contributed by atoms with E-state index in [-0.39, 0.29) is 11.5 Å². The van der Waals surface area contributed by atoms with E-state index in [1.807, 2.05) is 6.26 Å².